The highest BCUT2D eigenvalue weighted by Crippen LogP contribution is 2.34. The first-order valence-electron chi connectivity index (χ1n) is 25.0. The van der Waals surface area contributed by atoms with E-state index in [-0.39, 0.29) is 29.9 Å². The number of hydrogen-bond donors (Lipinski definition) is 11. The number of benzene rings is 2. The Morgan fingerprint density at radius 1 is 0.722 bits per heavy atom. The van der Waals surface area contributed by atoms with Crippen LogP contribution in [0.1, 0.15) is 84.1 Å². The zero-order valence-electron chi connectivity index (χ0n) is 44.3. The van der Waals surface area contributed by atoms with Gasteiger partial charge >= 0.3 is 5.97 Å². The molecule has 79 heavy (non-hydrogen) atoms. The summed E-state index contributed by atoms with van der Waals surface area (Å²) >= 11 is 6.84. The maximum absolute atomic E-state index is 12.8. The molecular weight excluding hydrogens is 1150 g/mol. The molecular formula is C51H63Br2N17O9. The Hall–Kier alpha value is -8.27. The molecule has 2 fully saturated rings. The van der Waals surface area contributed by atoms with Crippen LogP contribution < -0.4 is 58.9 Å². The molecule has 2 aromatic carbocycles. The van der Waals surface area contributed by atoms with Gasteiger partial charge in [0.1, 0.15) is 33.8 Å². The van der Waals surface area contributed by atoms with Crippen LogP contribution in [0.15, 0.2) is 76.1 Å². The largest absolute Gasteiger partial charge is 0.459 e. The molecule has 420 valence electrons. The van der Waals surface area contributed by atoms with Gasteiger partial charge in [0, 0.05) is 74.3 Å². The fourth-order valence-electron chi connectivity index (χ4n) is 7.46. The van der Waals surface area contributed by atoms with Crippen LogP contribution in [-0.4, -0.2) is 116 Å². The zero-order chi connectivity index (χ0) is 57.7. The van der Waals surface area contributed by atoms with Crippen molar-refractivity contribution in [3.63, 3.8) is 0 Å². The maximum Gasteiger partial charge on any atom is 0.307 e. The lowest BCUT2D eigenvalue weighted by Crippen LogP contribution is -2.46. The summed E-state index contributed by atoms with van der Waals surface area (Å²) in [4.78, 5) is 122. The molecule has 2 aliphatic rings. The van der Waals surface area contributed by atoms with Crippen molar-refractivity contribution in [3.05, 3.63) is 81.8 Å². The first kappa shape index (κ1) is 60.0. The van der Waals surface area contributed by atoms with Crippen molar-refractivity contribution in [1.82, 2.24) is 40.5 Å². The summed E-state index contributed by atoms with van der Waals surface area (Å²) in [5.74, 6) is -1.80. The second-order valence-electron chi connectivity index (χ2n) is 19.8. The first-order chi connectivity index (χ1) is 37.3. The predicted molar refractivity (Wildman–Crippen MR) is 302 cm³/mol. The number of nitrogens with one attached hydrogen (secondary N) is 9. The van der Waals surface area contributed by atoms with E-state index in [0.29, 0.717) is 113 Å². The summed E-state index contributed by atoms with van der Waals surface area (Å²) in [6, 6.07) is 14.1. The standard InChI is InChI=1S/C26H31BrN10O4.C25H32BrN7O5/c1-26(2,22(28)40)23(41)30-10-5-9-29-20-17(27)13-31-24(36-20)34-16-7-3-6-15(12-16)33-21(39)18-14-32-25(35-18)37-11-4-8-19(37)38;1-24(2,21(27)36)22(37)29-10-6-9-28-19-17(26)13-30-23(33-19)32-15-8-5-7-14(11-15)31-20(35)16-12-18(34)38-25(16,3)4/h3,6-7,12-14H,4-5,8-11H2,1-2H3,(H2,28,40)(H,30,41)(H,32,35)(H,33,39)(H2,29,31,34,36);5,7-8,11,13,16H,6,9-10,12H2,1-4H3,(H2,27,36)(H,29,37)(H,31,35)(H2,28,30,32,33). The molecule has 5 heterocycles. The van der Waals surface area contributed by atoms with Crippen LogP contribution in [0.4, 0.5) is 52.2 Å². The fraction of sp³-hybridized carbons (Fsp3) is 0.392. The van der Waals surface area contributed by atoms with Crippen molar-refractivity contribution < 1.29 is 43.1 Å². The lowest BCUT2D eigenvalue weighted by Gasteiger charge is -2.23. The molecule has 7 amide bonds. The van der Waals surface area contributed by atoms with Crippen LogP contribution in [0, 0.1) is 16.7 Å². The highest BCUT2D eigenvalue weighted by atomic mass is 79.9. The van der Waals surface area contributed by atoms with Gasteiger partial charge in [-0.15, -0.1) is 0 Å². The van der Waals surface area contributed by atoms with Crippen molar-refractivity contribution in [3.8, 4) is 0 Å². The van der Waals surface area contributed by atoms with E-state index < -0.39 is 51.9 Å². The second-order valence-corrected chi connectivity index (χ2v) is 21.5. The van der Waals surface area contributed by atoms with E-state index in [9.17, 15) is 38.4 Å². The van der Waals surface area contributed by atoms with E-state index in [1.165, 1.54) is 38.8 Å². The van der Waals surface area contributed by atoms with E-state index in [4.69, 9.17) is 16.2 Å². The summed E-state index contributed by atoms with van der Waals surface area (Å²) in [6.45, 7) is 11.6. The quantitative estimate of drug-likeness (QED) is 0.0227. The van der Waals surface area contributed by atoms with E-state index in [2.05, 4.69) is 104 Å². The normalized spacial score (nSPS) is 14.7. The number of aromatic nitrogens is 6. The third-order valence-electron chi connectivity index (χ3n) is 12.5. The number of primary amides is 2. The van der Waals surface area contributed by atoms with E-state index in [0.717, 1.165) is 6.42 Å². The number of nitrogens with two attached hydrogens (primary N) is 2. The number of hydrogen-bond acceptors (Lipinski definition) is 18. The first-order valence-corrected chi connectivity index (χ1v) is 26.6. The molecule has 1 unspecified atom stereocenters. The van der Waals surface area contributed by atoms with Gasteiger partial charge in [-0.1, -0.05) is 12.1 Å². The third kappa shape index (κ3) is 16.4. The van der Waals surface area contributed by atoms with E-state index in [1.807, 2.05) is 0 Å². The molecule has 26 nitrogen and oxygen atoms in total. The number of ether oxygens (including phenoxy) is 1. The van der Waals surface area contributed by atoms with Crippen molar-refractivity contribution in [2.75, 3.05) is 69.5 Å². The number of nitrogens with zero attached hydrogens (tertiary/aromatic N) is 6. The van der Waals surface area contributed by atoms with E-state index >= 15 is 0 Å². The molecule has 3 aromatic heterocycles. The Morgan fingerprint density at radius 2 is 1.22 bits per heavy atom. The minimum absolute atomic E-state index is 0.0201. The summed E-state index contributed by atoms with van der Waals surface area (Å²) < 4.78 is 6.55. The van der Waals surface area contributed by atoms with Gasteiger partial charge < -0.3 is 63.7 Å². The molecule has 28 heteroatoms. The predicted octanol–water partition coefficient (Wildman–Crippen LogP) is 5.21. The number of H-pyrrole nitrogens is 1. The van der Waals surface area contributed by atoms with Crippen molar-refractivity contribution in [2.24, 2.45) is 28.2 Å². The second kappa shape index (κ2) is 26.4. The molecule has 0 aliphatic carbocycles. The van der Waals surface area contributed by atoms with Crippen LogP contribution in [0.5, 0.6) is 0 Å². The van der Waals surface area contributed by atoms with Crippen LogP contribution in [0.25, 0.3) is 0 Å². The Bertz CT molecular complexity index is 3100. The molecule has 7 rings (SSSR count). The fourth-order valence-corrected chi connectivity index (χ4v) is 8.12. The van der Waals surface area contributed by atoms with Crippen LogP contribution in [-0.2, 0) is 38.3 Å². The lowest BCUT2D eigenvalue weighted by atomic mass is 9.90. The van der Waals surface area contributed by atoms with Crippen molar-refractivity contribution in [2.45, 2.75) is 79.2 Å². The average Bonchev–Trinajstić information content (AvgIpc) is 4.13. The van der Waals surface area contributed by atoms with Gasteiger partial charge in [0.2, 0.25) is 53.3 Å². The molecule has 0 radical (unpaired) electrons. The molecule has 2 saturated heterocycles. The number of imidazole rings is 1. The highest BCUT2D eigenvalue weighted by molar-refractivity contribution is 9.11. The number of halogens is 2. The Morgan fingerprint density at radius 3 is 1.67 bits per heavy atom. The average molecular weight is 1220 g/mol. The number of rotatable bonds is 23. The molecule has 5 aromatic rings. The number of carbonyl (C=O) groups excluding carboxylic acids is 8. The highest BCUT2D eigenvalue weighted by Gasteiger charge is 2.46. The van der Waals surface area contributed by atoms with Gasteiger partial charge in [-0.2, -0.15) is 9.97 Å². The van der Waals surface area contributed by atoms with Crippen molar-refractivity contribution >= 4 is 131 Å². The topological polar surface area (TPSA) is 378 Å². The zero-order valence-corrected chi connectivity index (χ0v) is 47.4. The molecule has 0 spiro atoms. The Balaban J connectivity index is 0.000000256. The Labute approximate surface area is 471 Å². The van der Waals surface area contributed by atoms with Gasteiger partial charge in [0.15, 0.2) is 0 Å². The number of carbonyl (C=O) groups is 8. The van der Waals surface area contributed by atoms with Gasteiger partial charge in [0.05, 0.1) is 27.5 Å². The van der Waals surface area contributed by atoms with Crippen LogP contribution in [0.2, 0.25) is 0 Å². The maximum atomic E-state index is 12.8. The molecule has 0 bridgehead atoms. The Kier molecular flexibility index (Phi) is 20.0. The third-order valence-corrected chi connectivity index (χ3v) is 13.7. The minimum atomic E-state index is -1.28. The van der Waals surface area contributed by atoms with Gasteiger partial charge in [-0.3, -0.25) is 43.3 Å². The number of aromatic amines is 1. The summed E-state index contributed by atoms with van der Waals surface area (Å²) in [6.07, 6.45) is 7.03. The summed E-state index contributed by atoms with van der Waals surface area (Å²) in [5.41, 5.74) is 9.73. The van der Waals surface area contributed by atoms with Crippen LogP contribution >= 0.6 is 31.9 Å². The van der Waals surface area contributed by atoms with Crippen molar-refractivity contribution in [1.29, 1.82) is 0 Å². The minimum Gasteiger partial charge on any atom is -0.459 e. The van der Waals surface area contributed by atoms with Gasteiger partial charge in [-0.05, 0) is 129 Å². The molecule has 2 aliphatic heterocycles. The molecule has 1 atom stereocenters. The smallest absolute Gasteiger partial charge is 0.307 e. The summed E-state index contributed by atoms with van der Waals surface area (Å²) in [7, 11) is 0. The number of anilines is 9. The summed E-state index contributed by atoms with van der Waals surface area (Å²) in [5, 5.41) is 23.6. The monoisotopic (exact) mass is 1220 g/mol. The van der Waals surface area contributed by atoms with Gasteiger partial charge in [-0.25, -0.2) is 15.0 Å². The SMILES string of the molecule is CC(C)(C(N)=O)C(=O)NCCCNc1nc(Nc2cccc(NC(=O)C3CC(=O)OC3(C)C)c2)ncc1Br.CC(C)(C(N)=O)C(=O)NCCCNc1nc(Nc2cccc(NC(=O)c3cnc(N4CCCC4=O)[nH]3)c2)ncc1Br. The number of amides is 7. The molecule has 0 saturated carbocycles. The lowest BCUT2D eigenvalue weighted by molar-refractivity contribution is -0.147. The number of cyclic esters (lactones) is 1. The van der Waals surface area contributed by atoms with Gasteiger partial charge in [0.25, 0.3) is 5.91 Å². The van der Waals surface area contributed by atoms with E-state index in [1.54, 1.807) is 74.8 Å². The number of esters is 1. The molecule has 13 N–H and O–H groups in total. The van der Waals surface area contributed by atoms with Crippen LogP contribution in [0.3, 0.4) is 0 Å².